The van der Waals surface area contributed by atoms with Gasteiger partial charge in [-0.25, -0.2) is 0 Å². The van der Waals surface area contributed by atoms with Gasteiger partial charge >= 0.3 is 0 Å². The standard InChI is InChI=1S/C35H37NO2/c1-20-21-8-10-23-16-24(11-9-22(20)18-26(17-21)34(2,3)4)28-14-15-29-31-25(12-13-27(23)32(28)31)19-30(35(5,6)7)33(29)36(37)38/h12-19H,8-11H2,1-7H3. The van der Waals surface area contributed by atoms with E-state index in [4.69, 9.17) is 0 Å². The first kappa shape index (κ1) is 24.9. The Morgan fingerprint density at radius 2 is 1.18 bits per heavy atom. The lowest BCUT2D eigenvalue weighted by Gasteiger charge is -2.25. The molecular weight excluding hydrogens is 466 g/mol. The summed E-state index contributed by atoms with van der Waals surface area (Å²) < 4.78 is 0. The fraction of sp³-hybridized carbons (Fsp3) is 0.371. The number of benzene rings is 5. The summed E-state index contributed by atoms with van der Waals surface area (Å²) in [5, 5.41) is 19.0. The molecule has 38 heavy (non-hydrogen) atoms. The van der Waals surface area contributed by atoms with E-state index in [9.17, 15) is 10.1 Å². The molecule has 0 aliphatic heterocycles. The van der Waals surface area contributed by atoms with Crippen molar-refractivity contribution in [2.24, 2.45) is 0 Å². The van der Waals surface area contributed by atoms with E-state index >= 15 is 0 Å². The monoisotopic (exact) mass is 503 g/mol. The molecule has 6 rings (SSSR count). The number of aryl methyl sites for hydroxylation is 4. The van der Waals surface area contributed by atoms with Gasteiger partial charge < -0.3 is 0 Å². The maximum atomic E-state index is 12.4. The highest BCUT2D eigenvalue weighted by atomic mass is 16.6. The molecule has 0 aromatic heterocycles. The van der Waals surface area contributed by atoms with Crippen LogP contribution in [0.4, 0.5) is 5.69 Å². The van der Waals surface area contributed by atoms with Crippen molar-refractivity contribution in [3.05, 3.63) is 97.6 Å². The second-order valence-corrected chi connectivity index (χ2v) is 13.4. The Labute approximate surface area is 225 Å². The first-order chi connectivity index (χ1) is 17.8. The van der Waals surface area contributed by atoms with Crippen LogP contribution in [0.25, 0.3) is 32.3 Å². The van der Waals surface area contributed by atoms with Crippen LogP contribution in [0, 0.1) is 17.0 Å². The summed E-state index contributed by atoms with van der Waals surface area (Å²) in [5.74, 6) is 0. The van der Waals surface area contributed by atoms with Gasteiger partial charge in [-0.2, -0.15) is 0 Å². The van der Waals surface area contributed by atoms with Crippen molar-refractivity contribution < 1.29 is 4.92 Å². The normalized spacial score (nSPS) is 14.5. The second-order valence-electron chi connectivity index (χ2n) is 13.4. The van der Waals surface area contributed by atoms with Gasteiger partial charge in [0.05, 0.1) is 10.3 Å². The van der Waals surface area contributed by atoms with Crippen molar-refractivity contribution in [3.63, 3.8) is 0 Å². The van der Waals surface area contributed by atoms with Crippen LogP contribution < -0.4 is 0 Å². The Kier molecular flexibility index (Phi) is 5.41. The molecule has 3 heteroatoms. The first-order valence-corrected chi connectivity index (χ1v) is 13.9. The molecule has 4 bridgehead atoms. The minimum Gasteiger partial charge on any atom is -0.258 e. The summed E-state index contributed by atoms with van der Waals surface area (Å²) in [5.41, 5.74) is 9.32. The topological polar surface area (TPSA) is 43.1 Å². The number of rotatable bonds is 1. The van der Waals surface area contributed by atoms with Crippen LogP contribution in [0.15, 0.2) is 48.5 Å². The SMILES string of the molecule is Cc1c2cc(C(C)(C)C)cc1CCc1cc(c3ccc4cc(C(C)(C)C)c([N+](=O)[O-])c5ccc1c3c45)CC2. The van der Waals surface area contributed by atoms with Crippen LogP contribution in [0.2, 0.25) is 0 Å². The number of nitrogens with zero attached hydrogens (tertiary/aromatic N) is 1. The Morgan fingerprint density at radius 1 is 0.658 bits per heavy atom. The number of nitro groups is 1. The van der Waals surface area contributed by atoms with Gasteiger partial charge in [0.2, 0.25) is 0 Å². The molecule has 1 aliphatic carbocycles. The van der Waals surface area contributed by atoms with E-state index in [0.29, 0.717) is 0 Å². The lowest BCUT2D eigenvalue weighted by molar-refractivity contribution is -0.384. The predicted molar refractivity (Wildman–Crippen MR) is 160 cm³/mol. The van der Waals surface area contributed by atoms with Gasteiger partial charge in [-0.1, -0.05) is 77.9 Å². The third-order valence-corrected chi connectivity index (χ3v) is 8.85. The summed E-state index contributed by atoms with van der Waals surface area (Å²) >= 11 is 0. The van der Waals surface area contributed by atoms with Crippen molar-refractivity contribution in [1.29, 1.82) is 0 Å². The van der Waals surface area contributed by atoms with Crippen LogP contribution in [-0.4, -0.2) is 4.92 Å². The van der Waals surface area contributed by atoms with Crippen LogP contribution in [-0.2, 0) is 36.5 Å². The van der Waals surface area contributed by atoms with E-state index in [2.05, 4.69) is 90.9 Å². The van der Waals surface area contributed by atoms with E-state index in [1.807, 2.05) is 6.07 Å². The zero-order valence-corrected chi connectivity index (χ0v) is 23.7. The fourth-order valence-electron chi connectivity index (χ4n) is 6.62. The van der Waals surface area contributed by atoms with Gasteiger partial charge in [-0.15, -0.1) is 0 Å². The fourth-order valence-corrected chi connectivity index (χ4v) is 6.62. The molecule has 3 nitrogen and oxygen atoms in total. The minimum absolute atomic E-state index is 0.118. The van der Waals surface area contributed by atoms with Crippen molar-refractivity contribution in [2.45, 2.75) is 85.0 Å². The van der Waals surface area contributed by atoms with Gasteiger partial charge in [0.1, 0.15) is 0 Å². The van der Waals surface area contributed by atoms with E-state index in [-0.39, 0.29) is 21.4 Å². The molecule has 0 amide bonds. The highest BCUT2D eigenvalue weighted by molar-refractivity contribution is 6.26. The minimum atomic E-state index is -0.323. The Bertz CT molecular complexity index is 1710. The summed E-state index contributed by atoms with van der Waals surface area (Å²) in [6.45, 7) is 15.4. The molecular formula is C35H37NO2. The van der Waals surface area contributed by atoms with Crippen molar-refractivity contribution in [1.82, 2.24) is 0 Å². The maximum Gasteiger partial charge on any atom is 0.280 e. The van der Waals surface area contributed by atoms with Gasteiger partial charge in [-0.3, -0.25) is 10.1 Å². The quantitative estimate of drug-likeness (QED) is 0.130. The average Bonchev–Trinajstić information content (AvgIpc) is 2.83. The Balaban J connectivity index is 1.64. The highest BCUT2D eigenvalue weighted by Gasteiger charge is 2.30. The second kappa shape index (κ2) is 8.27. The lowest BCUT2D eigenvalue weighted by Crippen LogP contribution is -2.15. The molecule has 0 N–H and O–H groups in total. The highest BCUT2D eigenvalue weighted by Crippen LogP contribution is 2.45. The molecule has 0 radical (unpaired) electrons. The summed E-state index contributed by atoms with van der Waals surface area (Å²) in [6.07, 6.45) is 3.93. The third kappa shape index (κ3) is 3.78. The molecule has 0 unspecified atom stereocenters. The van der Waals surface area contributed by atoms with E-state index in [1.54, 1.807) is 0 Å². The molecule has 0 atom stereocenters. The first-order valence-electron chi connectivity index (χ1n) is 13.9. The molecule has 0 heterocycles. The Morgan fingerprint density at radius 3 is 1.71 bits per heavy atom. The van der Waals surface area contributed by atoms with E-state index < -0.39 is 0 Å². The Hall–Kier alpha value is -3.46. The molecule has 194 valence electrons. The zero-order valence-electron chi connectivity index (χ0n) is 23.7. The van der Waals surface area contributed by atoms with E-state index in [1.165, 1.54) is 49.5 Å². The van der Waals surface area contributed by atoms with Gasteiger partial charge in [0.15, 0.2) is 0 Å². The van der Waals surface area contributed by atoms with Crippen LogP contribution in [0.5, 0.6) is 0 Å². The van der Waals surface area contributed by atoms with Crippen molar-refractivity contribution in [3.8, 4) is 0 Å². The van der Waals surface area contributed by atoms with Gasteiger partial charge in [0.25, 0.3) is 5.69 Å². The lowest BCUT2D eigenvalue weighted by atomic mass is 9.79. The van der Waals surface area contributed by atoms with Crippen molar-refractivity contribution in [2.75, 3.05) is 0 Å². The molecule has 1 aliphatic rings. The average molecular weight is 504 g/mol. The molecule has 0 fully saturated rings. The van der Waals surface area contributed by atoms with Gasteiger partial charge in [0, 0.05) is 10.9 Å². The molecule has 0 spiro atoms. The number of nitro benzene ring substituents is 1. The number of hydrogen-bond acceptors (Lipinski definition) is 2. The summed E-state index contributed by atoms with van der Waals surface area (Å²) in [6, 6.07) is 17.9. The van der Waals surface area contributed by atoms with Crippen LogP contribution >= 0.6 is 0 Å². The number of fused-ring (bicyclic) bond motifs is 6. The number of hydrogen-bond donors (Lipinski definition) is 0. The third-order valence-electron chi connectivity index (χ3n) is 8.85. The molecule has 5 aromatic carbocycles. The van der Waals surface area contributed by atoms with Gasteiger partial charge in [-0.05, 0) is 110 Å². The van der Waals surface area contributed by atoms with Crippen LogP contribution in [0.1, 0.15) is 80.5 Å². The molecule has 0 saturated heterocycles. The smallest absolute Gasteiger partial charge is 0.258 e. The van der Waals surface area contributed by atoms with Crippen LogP contribution in [0.3, 0.4) is 0 Å². The predicted octanol–water partition coefficient (Wildman–Crippen LogP) is 9.28. The largest absolute Gasteiger partial charge is 0.280 e. The maximum absolute atomic E-state index is 12.4. The zero-order chi connectivity index (χ0) is 27.1. The summed E-state index contributed by atoms with van der Waals surface area (Å²) in [7, 11) is 0. The van der Waals surface area contributed by atoms with Crippen molar-refractivity contribution >= 4 is 38.0 Å². The summed E-state index contributed by atoms with van der Waals surface area (Å²) in [4.78, 5) is 12.3. The molecule has 5 aromatic rings. The van der Waals surface area contributed by atoms with E-state index in [0.717, 1.165) is 47.4 Å². The molecule has 0 saturated carbocycles.